The number of hydrogen-bond donors (Lipinski definition) is 0. The summed E-state index contributed by atoms with van der Waals surface area (Å²) in [4.78, 5) is 21.4. The van der Waals surface area contributed by atoms with Gasteiger partial charge in [0.2, 0.25) is 0 Å². The van der Waals surface area contributed by atoms with Gasteiger partial charge in [-0.1, -0.05) is 61.9 Å². The number of amidine groups is 1. The van der Waals surface area contributed by atoms with Crippen molar-refractivity contribution in [3.63, 3.8) is 0 Å². The van der Waals surface area contributed by atoms with Gasteiger partial charge in [0.05, 0.1) is 16.3 Å². The van der Waals surface area contributed by atoms with E-state index in [9.17, 15) is 4.79 Å². The largest absolute Gasteiger partial charge is 0.271 e. The van der Waals surface area contributed by atoms with Crippen LogP contribution in [0.15, 0.2) is 64.5 Å². The maximum absolute atomic E-state index is 13.8. The Bertz CT molecular complexity index is 1280. The van der Waals surface area contributed by atoms with E-state index >= 15 is 0 Å². The molecule has 0 saturated carbocycles. The molecule has 1 fully saturated rings. The van der Waals surface area contributed by atoms with Crippen molar-refractivity contribution in [2.75, 3.05) is 4.90 Å². The Kier molecular flexibility index (Phi) is 7.08. The number of anilines is 1. The van der Waals surface area contributed by atoms with Crippen LogP contribution < -0.4 is 4.90 Å². The average molecular weight is 469 g/mol. The smallest absolute Gasteiger partial charge is 0.268 e. The lowest BCUT2D eigenvalue weighted by Gasteiger charge is -2.18. The molecule has 4 rings (SSSR count). The number of benzene rings is 3. The summed E-state index contributed by atoms with van der Waals surface area (Å²) in [7, 11) is 0. The molecule has 0 atom stereocenters. The van der Waals surface area contributed by atoms with Crippen molar-refractivity contribution in [3.8, 4) is 0 Å². The van der Waals surface area contributed by atoms with Crippen molar-refractivity contribution in [1.29, 1.82) is 0 Å². The van der Waals surface area contributed by atoms with E-state index in [0.717, 1.165) is 46.5 Å². The van der Waals surface area contributed by atoms with Gasteiger partial charge < -0.3 is 0 Å². The van der Waals surface area contributed by atoms with E-state index < -0.39 is 0 Å². The fraction of sp³-hybridized carbons (Fsp3) is 0.267. The Morgan fingerprint density at radius 2 is 1.50 bits per heavy atom. The molecule has 0 aliphatic carbocycles. The molecule has 3 aromatic rings. The second kappa shape index (κ2) is 10.0. The van der Waals surface area contributed by atoms with Crippen molar-refractivity contribution in [2.45, 2.75) is 54.4 Å². The van der Waals surface area contributed by atoms with Crippen molar-refractivity contribution < 1.29 is 4.79 Å². The number of carbonyl (C=O) groups excluding carboxylic acids is 1. The van der Waals surface area contributed by atoms with Gasteiger partial charge in [0.1, 0.15) is 0 Å². The molecule has 0 bridgehead atoms. The third-order valence-corrected chi connectivity index (χ3v) is 7.13. The molecule has 1 saturated heterocycles. The van der Waals surface area contributed by atoms with Crippen LogP contribution in [0.1, 0.15) is 52.8 Å². The summed E-state index contributed by atoms with van der Waals surface area (Å²) < 4.78 is 0. The molecule has 174 valence electrons. The first-order valence-corrected chi connectivity index (χ1v) is 12.7. The highest BCUT2D eigenvalue weighted by molar-refractivity contribution is 8.19. The SMILES string of the molecule is CCc1cccc(CC)c1N=C1S/C(=C\c2cc(C)ccc2C)C(=O)N1c1cc(C)cc(C)c1. The van der Waals surface area contributed by atoms with Crippen molar-refractivity contribution in [3.05, 3.63) is 98.4 Å². The molecule has 0 spiro atoms. The van der Waals surface area contributed by atoms with Crippen molar-refractivity contribution >= 4 is 40.3 Å². The maximum Gasteiger partial charge on any atom is 0.271 e. The highest BCUT2D eigenvalue weighted by Gasteiger charge is 2.35. The lowest BCUT2D eigenvalue weighted by molar-refractivity contribution is -0.113. The number of rotatable bonds is 5. The Hall–Kier alpha value is -3.11. The van der Waals surface area contributed by atoms with Crippen molar-refractivity contribution in [2.24, 2.45) is 4.99 Å². The summed E-state index contributed by atoms with van der Waals surface area (Å²) >= 11 is 1.46. The van der Waals surface area contributed by atoms with Crippen LogP contribution in [-0.2, 0) is 17.6 Å². The van der Waals surface area contributed by atoms with Gasteiger partial charge in [-0.05, 0) is 104 Å². The van der Waals surface area contributed by atoms with E-state index in [0.29, 0.717) is 10.1 Å². The number of hydrogen-bond acceptors (Lipinski definition) is 3. The third kappa shape index (κ3) is 4.88. The molecule has 0 unspecified atom stereocenters. The quantitative estimate of drug-likeness (QED) is 0.357. The second-order valence-electron chi connectivity index (χ2n) is 8.98. The zero-order chi connectivity index (χ0) is 24.4. The zero-order valence-corrected chi connectivity index (χ0v) is 21.7. The number of carbonyl (C=O) groups is 1. The lowest BCUT2D eigenvalue weighted by Crippen LogP contribution is -2.29. The maximum atomic E-state index is 13.8. The number of thioether (sulfide) groups is 1. The third-order valence-electron chi connectivity index (χ3n) is 6.16. The molecule has 0 N–H and O–H groups in total. The highest BCUT2D eigenvalue weighted by Crippen LogP contribution is 2.39. The van der Waals surface area contributed by atoms with Crippen LogP contribution in [0.25, 0.3) is 6.08 Å². The zero-order valence-electron chi connectivity index (χ0n) is 20.9. The molecule has 0 radical (unpaired) electrons. The highest BCUT2D eigenvalue weighted by atomic mass is 32.2. The molecule has 3 aromatic carbocycles. The van der Waals surface area contributed by atoms with Gasteiger partial charge in [0, 0.05) is 0 Å². The van der Waals surface area contributed by atoms with Crippen LogP contribution in [0.2, 0.25) is 0 Å². The number of nitrogens with zero attached hydrogens (tertiary/aromatic N) is 2. The molecule has 1 aliphatic heterocycles. The molecular formula is C30H32N2OS. The first-order chi connectivity index (χ1) is 16.3. The Morgan fingerprint density at radius 3 is 2.12 bits per heavy atom. The second-order valence-corrected chi connectivity index (χ2v) is 9.99. The number of aliphatic imine (C=N–C) groups is 1. The van der Waals surface area contributed by atoms with Gasteiger partial charge in [-0.25, -0.2) is 4.99 Å². The summed E-state index contributed by atoms with van der Waals surface area (Å²) in [5.74, 6) is -0.0262. The minimum atomic E-state index is -0.0262. The van der Waals surface area contributed by atoms with E-state index in [1.54, 1.807) is 4.90 Å². The average Bonchev–Trinajstić information content (AvgIpc) is 3.10. The Balaban J connectivity index is 1.90. The Labute approximate surface area is 207 Å². The molecule has 0 aromatic heterocycles. The number of aryl methyl sites for hydroxylation is 6. The van der Waals surface area contributed by atoms with Crippen LogP contribution in [0.4, 0.5) is 11.4 Å². The minimum Gasteiger partial charge on any atom is -0.268 e. The monoisotopic (exact) mass is 468 g/mol. The molecule has 1 heterocycles. The molecule has 4 heteroatoms. The molecule has 1 aliphatic rings. The van der Waals surface area contributed by atoms with E-state index in [4.69, 9.17) is 4.99 Å². The normalized spacial score (nSPS) is 16.2. The predicted octanol–water partition coefficient (Wildman–Crippen LogP) is 7.85. The number of amides is 1. The molecular weight excluding hydrogens is 436 g/mol. The van der Waals surface area contributed by atoms with Gasteiger partial charge in [-0.3, -0.25) is 9.69 Å². The Morgan fingerprint density at radius 1 is 0.853 bits per heavy atom. The lowest BCUT2D eigenvalue weighted by atomic mass is 10.0. The topological polar surface area (TPSA) is 32.7 Å². The molecule has 3 nitrogen and oxygen atoms in total. The summed E-state index contributed by atoms with van der Waals surface area (Å²) in [6.45, 7) is 12.6. The van der Waals surface area contributed by atoms with E-state index in [1.807, 2.05) is 6.08 Å². The summed E-state index contributed by atoms with van der Waals surface area (Å²) in [6.07, 6.45) is 3.81. The van der Waals surface area contributed by atoms with Gasteiger partial charge in [-0.2, -0.15) is 0 Å². The van der Waals surface area contributed by atoms with Crippen LogP contribution in [0.3, 0.4) is 0 Å². The van der Waals surface area contributed by atoms with Gasteiger partial charge in [0.15, 0.2) is 5.17 Å². The standard InChI is InChI=1S/C30H32N2OS/c1-7-23-10-9-11-24(8-2)28(23)31-30-32(26-16-20(4)14-21(5)17-26)29(33)27(34-30)18-25-15-19(3)12-13-22(25)6/h9-18H,7-8H2,1-6H3/b27-18-,31-30?. The van der Waals surface area contributed by atoms with Gasteiger partial charge in [-0.15, -0.1) is 0 Å². The number of para-hydroxylation sites is 1. The van der Waals surface area contributed by atoms with E-state index in [2.05, 4.69) is 96.1 Å². The van der Waals surface area contributed by atoms with Crippen LogP contribution in [0.5, 0.6) is 0 Å². The molecule has 1 amide bonds. The summed E-state index contributed by atoms with van der Waals surface area (Å²) in [5.41, 5.74) is 9.91. The van der Waals surface area contributed by atoms with Gasteiger partial charge in [0.25, 0.3) is 5.91 Å². The molecule has 34 heavy (non-hydrogen) atoms. The first-order valence-electron chi connectivity index (χ1n) is 11.9. The van der Waals surface area contributed by atoms with Crippen LogP contribution in [0, 0.1) is 27.7 Å². The minimum absolute atomic E-state index is 0.0262. The first kappa shape index (κ1) is 24.0. The van der Waals surface area contributed by atoms with Crippen LogP contribution >= 0.6 is 11.8 Å². The fourth-order valence-corrected chi connectivity index (χ4v) is 5.34. The van der Waals surface area contributed by atoms with E-state index in [-0.39, 0.29) is 5.91 Å². The van der Waals surface area contributed by atoms with Crippen molar-refractivity contribution in [1.82, 2.24) is 0 Å². The summed E-state index contributed by atoms with van der Waals surface area (Å²) in [6, 6.07) is 19.0. The van der Waals surface area contributed by atoms with Gasteiger partial charge >= 0.3 is 0 Å². The van der Waals surface area contributed by atoms with E-state index in [1.165, 1.54) is 28.5 Å². The van der Waals surface area contributed by atoms with Crippen LogP contribution in [-0.4, -0.2) is 11.1 Å². The summed E-state index contributed by atoms with van der Waals surface area (Å²) in [5, 5.41) is 0.710. The fourth-order valence-electron chi connectivity index (χ4n) is 4.37. The predicted molar refractivity (Wildman–Crippen MR) is 147 cm³/mol.